The molecular weight excluding hydrogens is 271 g/mol. The standard InChI is InChI=1S/C12H14Cl2N4/c13-9-4-1-3-8(12(9)14)7-11-16-10(17-18-11)5-2-6-15/h1,3-4H,2,5-7,15H2,(H,16,17,18). The Morgan fingerprint density at radius 2 is 2.11 bits per heavy atom. The Balaban J connectivity index is 2.09. The molecule has 0 fully saturated rings. The maximum Gasteiger partial charge on any atom is 0.150 e. The fourth-order valence-corrected chi connectivity index (χ4v) is 2.04. The minimum absolute atomic E-state index is 0.553. The summed E-state index contributed by atoms with van der Waals surface area (Å²) in [5.74, 6) is 1.57. The van der Waals surface area contributed by atoms with E-state index in [1.165, 1.54) is 0 Å². The second kappa shape index (κ2) is 6.18. The van der Waals surface area contributed by atoms with Gasteiger partial charge in [-0.05, 0) is 24.6 Å². The van der Waals surface area contributed by atoms with E-state index in [2.05, 4.69) is 15.2 Å². The van der Waals surface area contributed by atoms with Gasteiger partial charge in [0.05, 0.1) is 10.0 Å². The zero-order chi connectivity index (χ0) is 13.0. The van der Waals surface area contributed by atoms with E-state index in [0.29, 0.717) is 23.0 Å². The SMILES string of the molecule is NCCCc1n[nH]c(Cc2cccc(Cl)c2Cl)n1. The van der Waals surface area contributed by atoms with Gasteiger partial charge in [0.1, 0.15) is 5.82 Å². The fraction of sp³-hybridized carbons (Fsp3) is 0.333. The maximum atomic E-state index is 6.12. The average molecular weight is 285 g/mol. The van der Waals surface area contributed by atoms with Crippen LogP contribution >= 0.6 is 23.2 Å². The monoisotopic (exact) mass is 284 g/mol. The predicted octanol–water partition coefficient (Wildman–Crippen LogP) is 2.59. The Morgan fingerprint density at radius 3 is 2.89 bits per heavy atom. The number of nitrogens with zero attached hydrogens (tertiary/aromatic N) is 2. The summed E-state index contributed by atoms with van der Waals surface area (Å²) in [6.45, 7) is 0.643. The van der Waals surface area contributed by atoms with Crippen LogP contribution in [-0.2, 0) is 12.8 Å². The molecule has 3 N–H and O–H groups in total. The summed E-state index contributed by atoms with van der Waals surface area (Å²) in [4.78, 5) is 4.39. The zero-order valence-electron chi connectivity index (χ0n) is 9.79. The number of hydrogen-bond acceptors (Lipinski definition) is 3. The topological polar surface area (TPSA) is 67.6 Å². The second-order valence-corrected chi connectivity index (χ2v) is 4.77. The summed E-state index contributed by atoms with van der Waals surface area (Å²) in [7, 11) is 0. The smallest absolute Gasteiger partial charge is 0.150 e. The summed E-state index contributed by atoms with van der Waals surface area (Å²) in [6, 6.07) is 5.56. The van der Waals surface area contributed by atoms with Gasteiger partial charge in [-0.3, -0.25) is 5.10 Å². The average Bonchev–Trinajstić information content (AvgIpc) is 2.80. The lowest BCUT2D eigenvalue weighted by molar-refractivity contribution is 0.785. The first kappa shape index (κ1) is 13.3. The first-order chi connectivity index (χ1) is 8.70. The number of nitrogens with one attached hydrogen (secondary N) is 1. The van der Waals surface area contributed by atoms with Crippen LogP contribution in [0, 0.1) is 0 Å². The Labute approximate surface area is 116 Å². The summed E-state index contributed by atoms with van der Waals surface area (Å²) in [5, 5.41) is 8.16. The Morgan fingerprint density at radius 1 is 1.28 bits per heavy atom. The van der Waals surface area contributed by atoms with Crippen molar-refractivity contribution in [3.8, 4) is 0 Å². The van der Waals surface area contributed by atoms with Crippen LogP contribution in [0.5, 0.6) is 0 Å². The van der Waals surface area contributed by atoms with Crippen molar-refractivity contribution in [2.75, 3.05) is 6.54 Å². The van der Waals surface area contributed by atoms with E-state index < -0.39 is 0 Å². The minimum atomic E-state index is 0.553. The number of aromatic amines is 1. The Kier molecular flexibility index (Phi) is 4.58. The van der Waals surface area contributed by atoms with E-state index in [1.54, 1.807) is 6.07 Å². The molecular formula is C12H14Cl2N4. The van der Waals surface area contributed by atoms with E-state index in [4.69, 9.17) is 28.9 Å². The summed E-state index contributed by atoms with van der Waals surface area (Å²) >= 11 is 12.1. The van der Waals surface area contributed by atoms with Crippen LogP contribution in [0.4, 0.5) is 0 Å². The van der Waals surface area contributed by atoms with E-state index in [0.717, 1.165) is 30.1 Å². The molecule has 0 saturated carbocycles. The van der Waals surface area contributed by atoms with Crippen LogP contribution < -0.4 is 5.73 Å². The van der Waals surface area contributed by atoms with Crippen molar-refractivity contribution >= 4 is 23.2 Å². The number of aryl methyl sites for hydroxylation is 1. The second-order valence-electron chi connectivity index (χ2n) is 3.98. The van der Waals surface area contributed by atoms with E-state index >= 15 is 0 Å². The molecule has 1 aromatic carbocycles. The molecule has 0 radical (unpaired) electrons. The molecule has 0 unspecified atom stereocenters. The maximum absolute atomic E-state index is 6.12. The molecule has 1 aromatic heterocycles. The third kappa shape index (κ3) is 3.22. The zero-order valence-corrected chi connectivity index (χ0v) is 11.3. The number of aromatic nitrogens is 3. The molecule has 0 bridgehead atoms. The molecule has 0 amide bonds. The van der Waals surface area contributed by atoms with Crippen LogP contribution in [0.1, 0.15) is 23.6 Å². The number of H-pyrrole nitrogens is 1. The number of rotatable bonds is 5. The Bertz CT molecular complexity index is 525. The third-order valence-corrected chi connectivity index (χ3v) is 3.43. The third-order valence-electron chi connectivity index (χ3n) is 2.57. The van der Waals surface area contributed by atoms with Crippen molar-refractivity contribution in [3.05, 3.63) is 45.5 Å². The van der Waals surface area contributed by atoms with Gasteiger partial charge in [0.2, 0.25) is 0 Å². The highest BCUT2D eigenvalue weighted by Crippen LogP contribution is 2.26. The van der Waals surface area contributed by atoms with E-state index in [1.807, 2.05) is 12.1 Å². The van der Waals surface area contributed by atoms with Crippen molar-refractivity contribution in [3.63, 3.8) is 0 Å². The highest BCUT2D eigenvalue weighted by molar-refractivity contribution is 6.42. The quantitative estimate of drug-likeness (QED) is 0.887. The van der Waals surface area contributed by atoms with Gasteiger partial charge in [0, 0.05) is 12.8 Å². The number of halogens is 2. The van der Waals surface area contributed by atoms with Gasteiger partial charge in [-0.25, -0.2) is 4.98 Å². The molecule has 0 saturated heterocycles. The molecule has 0 atom stereocenters. The summed E-state index contributed by atoms with van der Waals surface area (Å²) in [5.41, 5.74) is 6.38. The molecule has 6 heteroatoms. The lowest BCUT2D eigenvalue weighted by Crippen LogP contribution is -2.01. The van der Waals surface area contributed by atoms with Gasteiger partial charge in [0.15, 0.2) is 5.82 Å². The van der Waals surface area contributed by atoms with Gasteiger partial charge in [-0.15, -0.1) is 0 Å². The van der Waals surface area contributed by atoms with E-state index in [9.17, 15) is 0 Å². The summed E-state index contributed by atoms with van der Waals surface area (Å²) in [6.07, 6.45) is 2.26. The van der Waals surface area contributed by atoms with Crippen molar-refractivity contribution in [1.29, 1.82) is 0 Å². The van der Waals surface area contributed by atoms with Gasteiger partial charge >= 0.3 is 0 Å². The molecule has 0 aliphatic rings. The van der Waals surface area contributed by atoms with Crippen molar-refractivity contribution < 1.29 is 0 Å². The summed E-state index contributed by atoms with van der Waals surface area (Å²) < 4.78 is 0. The highest BCUT2D eigenvalue weighted by atomic mass is 35.5. The van der Waals surface area contributed by atoms with Gasteiger partial charge < -0.3 is 5.73 Å². The largest absolute Gasteiger partial charge is 0.330 e. The normalized spacial score (nSPS) is 10.8. The van der Waals surface area contributed by atoms with Crippen LogP contribution in [-0.4, -0.2) is 21.7 Å². The molecule has 1 heterocycles. The van der Waals surface area contributed by atoms with E-state index in [-0.39, 0.29) is 0 Å². The number of hydrogen-bond donors (Lipinski definition) is 2. The van der Waals surface area contributed by atoms with Gasteiger partial charge in [0.25, 0.3) is 0 Å². The first-order valence-corrected chi connectivity index (χ1v) is 6.49. The molecule has 0 aliphatic heterocycles. The van der Waals surface area contributed by atoms with Crippen molar-refractivity contribution in [2.45, 2.75) is 19.3 Å². The molecule has 96 valence electrons. The van der Waals surface area contributed by atoms with Crippen LogP contribution in [0.15, 0.2) is 18.2 Å². The van der Waals surface area contributed by atoms with Gasteiger partial charge in [-0.1, -0.05) is 35.3 Å². The number of benzene rings is 1. The lowest BCUT2D eigenvalue weighted by atomic mass is 10.1. The highest BCUT2D eigenvalue weighted by Gasteiger charge is 2.08. The fourth-order valence-electron chi connectivity index (χ4n) is 1.65. The molecule has 0 aliphatic carbocycles. The molecule has 2 aromatic rings. The van der Waals surface area contributed by atoms with Gasteiger partial charge in [-0.2, -0.15) is 5.10 Å². The van der Waals surface area contributed by atoms with Crippen LogP contribution in [0.25, 0.3) is 0 Å². The predicted molar refractivity (Wildman–Crippen MR) is 73.0 cm³/mol. The minimum Gasteiger partial charge on any atom is -0.330 e. The first-order valence-electron chi connectivity index (χ1n) is 5.74. The van der Waals surface area contributed by atoms with Crippen LogP contribution in [0.2, 0.25) is 10.0 Å². The molecule has 2 rings (SSSR count). The van der Waals surface area contributed by atoms with Crippen molar-refractivity contribution in [1.82, 2.24) is 15.2 Å². The Hall–Kier alpha value is -1.10. The molecule has 18 heavy (non-hydrogen) atoms. The van der Waals surface area contributed by atoms with Crippen LogP contribution in [0.3, 0.4) is 0 Å². The molecule has 4 nitrogen and oxygen atoms in total. The molecule has 0 spiro atoms. The lowest BCUT2D eigenvalue weighted by Gasteiger charge is -2.02. The van der Waals surface area contributed by atoms with Crippen molar-refractivity contribution in [2.24, 2.45) is 5.73 Å². The number of nitrogens with two attached hydrogens (primary N) is 1.